The lowest BCUT2D eigenvalue weighted by Crippen LogP contribution is -2.77. The zero-order valence-corrected chi connectivity index (χ0v) is 38.0. The number of fused-ring (bicyclic) bond motifs is 2. The third-order valence-corrected chi connectivity index (χ3v) is 17.3. The standard InChI is InChI=1S/C43H68O12SSi/c1-14-27(2)24-28(3)20-21-34(45)52-37-36(54-57(12,13)40(7,8)9)41(53-33(26-56-11)42(49,39(48)50-10)43(37,55-41)38(46)47)23-22-29(4)35(51-31(6)44)30(5)25-32-18-16-15-17-19-32/h15-19,27-28,30,33,35-37,49H,4,14,20-26H2,1-3,5-13H3,(H,46,47)/t27-,28+,30+,33+,35+,36+,37+,41+,42+,43+/m0/s1. The van der Waals surface area contributed by atoms with Gasteiger partial charge in [0.25, 0.3) is 0 Å². The molecule has 0 amide bonds. The van der Waals surface area contributed by atoms with E-state index in [4.69, 9.17) is 28.1 Å². The summed E-state index contributed by atoms with van der Waals surface area (Å²) in [4.78, 5) is 54.2. The molecule has 2 saturated heterocycles. The minimum atomic E-state index is -2.98. The van der Waals surface area contributed by atoms with Gasteiger partial charge in [0.1, 0.15) is 18.3 Å². The third-order valence-electron chi connectivity index (χ3n) is 12.2. The van der Waals surface area contributed by atoms with Gasteiger partial charge in [-0.25, -0.2) is 9.59 Å². The lowest BCUT2D eigenvalue weighted by molar-refractivity contribution is -0.375. The molecule has 14 heteroatoms. The maximum absolute atomic E-state index is 13.9. The number of carbonyl (C=O) groups is 4. The lowest BCUT2D eigenvalue weighted by atomic mass is 9.75. The van der Waals surface area contributed by atoms with E-state index in [9.17, 15) is 29.4 Å². The molecule has 2 N–H and O–H groups in total. The number of carbonyl (C=O) groups excluding carboxylic acids is 3. The van der Waals surface area contributed by atoms with Gasteiger partial charge in [-0.05, 0) is 73.0 Å². The Morgan fingerprint density at radius 3 is 2.19 bits per heavy atom. The highest BCUT2D eigenvalue weighted by Crippen LogP contribution is 2.58. The minimum Gasteiger partial charge on any atom is -0.479 e. The van der Waals surface area contributed by atoms with Gasteiger partial charge in [-0.1, -0.05) is 91.8 Å². The normalized spacial score (nSPS) is 28.1. The first-order chi connectivity index (χ1) is 26.5. The third kappa shape index (κ3) is 10.5. The second-order valence-corrected chi connectivity index (χ2v) is 23.4. The van der Waals surface area contributed by atoms with Gasteiger partial charge < -0.3 is 38.3 Å². The molecule has 2 heterocycles. The average molecular weight is 837 g/mol. The molecule has 12 nitrogen and oxygen atoms in total. The molecule has 2 bridgehead atoms. The van der Waals surface area contributed by atoms with Crippen molar-refractivity contribution in [2.75, 3.05) is 19.1 Å². The van der Waals surface area contributed by atoms with Gasteiger partial charge in [-0.2, -0.15) is 11.8 Å². The Morgan fingerprint density at radius 2 is 1.67 bits per heavy atom. The number of aliphatic carboxylic acids is 1. The largest absolute Gasteiger partial charge is 0.479 e. The van der Waals surface area contributed by atoms with Crippen molar-refractivity contribution < 1.29 is 57.5 Å². The summed E-state index contributed by atoms with van der Waals surface area (Å²) in [7, 11) is -1.89. The number of benzene rings is 1. The Kier molecular flexibility index (Phi) is 16.7. The number of thioether (sulfide) groups is 1. The maximum atomic E-state index is 13.9. The number of aliphatic hydroxyl groups is 1. The van der Waals surface area contributed by atoms with Gasteiger partial charge >= 0.3 is 23.9 Å². The molecular formula is C43H68O12SSi. The number of rotatable bonds is 21. The van der Waals surface area contributed by atoms with Crippen molar-refractivity contribution in [3.8, 4) is 0 Å². The van der Waals surface area contributed by atoms with Crippen LogP contribution in [0.3, 0.4) is 0 Å². The van der Waals surface area contributed by atoms with E-state index >= 15 is 0 Å². The van der Waals surface area contributed by atoms with Gasteiger partial charge in [0.15, 0.2) is 20.2 Å². The summed E-state index contributed by atoms with van der Waals surface area (Å²) in [5, 5.41) is 23.5. The summed E-state index contributed by atoms with van der Waals surface area (Å²) in [6.07, 6.45) is -0.956. The summed E-state index contributed by atoms with van der Waals surface area (Å²) in [5.41, 5.74) is -4.35. The van der Waals surface area contributed by atoms with Crippen molar-refractivity contribution in [1.82, 2.24) is 0 Å². The molecule has 1 aromatic rings. The predicted octanol–water partition coefficient (Wildman–Crippen LogP) is 7.50. The zero-order valence-electron chi connectivity index (χ0n) is 36.2. The van der Waals surface area contributed by atoms with Crippen LogP contribution in [0.1, 0.15) is 99.5 Å². The number of methoxy groups -OCH3 is 1. The monoisotopic (exact) mass is 836 g/mol. The first-order valence-corrected chi connectivity index (χ1v) is 24.4. The molecule has 1 aromatic carbocycles. The molecule has 0 aliphatic carbocycles. The van der Waals surface area contributed by atoms with Crippen LogP contribution in [0, 0.1) is 17.8 Å². The topological polar surface area (TPSA) is 164 Å². The second kappa shape index (κ2) is 19.5. The number of carboxylic acid groups (broad SMARTS) is 1. The number of esters is 3. The van der Waals surface area contributed by atoms with Gasteiger partial charge in [-0.3, -0.25) is 9.59 Å². The molecule has 2 aliphatic rings. The van der Waals surface area contributed by atoms with Crippen molar-refractivity contribution in [2.45, 2.75) is 160 Å². The summed E-state index contributed by atoms with van der Waals surface area (Å²) >= 11 is 1.22. The van der Waals surface area contributed by atoms with E-state index in [1.54, 1.807) is 6.26 Å². The molecule has 0 unspecified atom stereocenters. The smallest absolute Gasteiger partial charge is 0.344 e. The number of carboxylic acids is 1. The SMILES string of the molecule is C=C(CC[C@@]12O[C@H](CSC)[C@@](O)(C(=O)OC)[C@@](C(=O)O)(O1)[C@H](OC(=O)CC[C@@H](C)C[C@@H](C)CC)[C@H]2O[Si](C)(C)C(C)(C)C)[C@@H](OC(C)=O)[C@H](C)Cc1ccccc1. The van der Waals surface area contributed by atoms with Crippen LogP contribution in [0.4, 0.5) is 0 Å². The molecule has 2 aliphatic heterocycles. The Morgan fingerprint density at radius 1 is 1.04 bits per heavy atom. The number of hydrogen-bond acceptors (Lipinski definition) is 12. The van der Waals surface area contributed by atoms with Crippen LogP contribution in [0.25, 0.3) is 0 Å². The van der Waals surface area contributed by atoms with E-state index in [-0.39, 0.29) is 36.9 Å². The van der Waals surface area contributed by atoms with Crippen LogP contribution in [-0.2, 0) is 53.7 Å². The second-order valence-electron chi connectivity index (χ2n) is 17.7. The molecule has 10 atom stereocenters. The fourth-order valence-electron chi connectivity index (χ4n) is 7.79. The molecule has 0 aromatic heterocycles. The zero-order chi connectivity index (χ0) is 43.1. The Labute approximate surface area is 345 Å². The molecular weight excluding hydrogens is 769 g/mol. The van der Waals surface area contributed by atoms with E-state index in [1.165, 1.54) is 18.7 Å². The molecule has 0 radical (unpaired) electrons. The first kappa shape index (κ1) is 48.6. The van der Waals surface area contributed by atoms with Crippen molar-refractivity contribution in [2.24, 2.45) is 17.8 Å². The quantitative estimate of drug-likeness (QED) is 0.0542. The molecule has 0 saturated carbocycles. The van der Waals surface area contributed by atoms with E-state index < -0.39 is 78.6 Å². The van der Waals surface area contributed by atoms with E-state index in [2.05, 4.69) is 27.4 Å². The van der Waals surface area contributed by atoms with Gasteiger partial charge in [0, 0.05) is 31.4 Å². The van der Waals surface area contributed by atoms with Crippen molar-refractivity contribution in [3.63, 3.8) is 0 Å². The average Bonchev–Trinajstić information content (AvgIpc) is 3.36. The van der Waals surface area contributed by atoms with Crippen molar-refractivity contribution >= 4 is 44.0 Å². The van der Waals surface area contributed by atoms with Crippen molar-refractivity contribution in [3.05, 3.63) is 48.0 Å². The van der Waals surface area contributed by atoms with Gasteiger partial charge in [0.2, 0.25) is 11.2 Å². The van der Waals surface area contributed by atoms with Gasteiger partial charge in [0.05, 0.1) is 7.11 Å². The molecule has 57 heavy (non-hydrogen) atoms. The maximum Gasteiger partial charge on any atom is 0.344 e. The van der Waals surface area contributed by atoms with Crippen LogP contribution in [0.5, 0.6) is 0 Å². The van der Waals surface area contributed by atoms with E-state index in [0.717, 1.165) is 25.5 Å². The summed E-state index contributed by atoms with van der Waals surface area (Å²) in [6.45, 7) is 23.8. The Hall–Kier alpha value is -2.75. The highest BCUT2D eigenvalue weighted by atomic mass is 32.2. The van der Waals surface area contributed by atoms with E-state index in [0.29, 0.717) is 24.3 Å². The van der Waals surface area contributed by atoms with E-state index in [1.807, 2.05) is 71.1 Å². The molecule has 322 valence electrons. The van der Waals surface area contributed by atoms with Crippen molar-refractivity contribution in [1.29, 1.82) is 0 Å². The highest BCUT2D eigenvalue weighted by Gasteiger charge is 2.85. The van der Waals surface area contributed by atoms with Crippen LogP contribution in [-0.4, -0.2) is 103 Å². The summed E-state index contributed by atoms with van der Waals surface area (Å²) in [6, 6.07) is 9.77. The Bertz CT molecular complexity index is 1560. The molecule has 2 fully saturated rings. The fourth-order valence-corrected chi connectivity index (χ4v) is 9.69. The summed E-state index contributed by atoms with van der Waals surface area (Å²) in [5.74, 6) is -5.92. The van der Waals surface area contributed by atoms with Crippen LogP contribution >= 0.6 is 11.8 Å². The summed E-state index contributed by atoms with van der Waals surface area (Å²) < 4.78 is 37.5. The first-order valence-electron chi connectivity index (χ1n) is 20.1. The Balaban J connectivity index is 2.22. The number of hydrogen-bond donors (Lipinski definition) is 2. The van der Waals surface area contributed by atoms with Crippen LogP contribution in [0.2, 0.25) is 18.1 Å². The molecule has 3 rings (SSSR count). The molecule has 0 spiro atoms. The predicted molar refractivity (Wildman–Crippen MR) is 222 cm³/mol. The number of ether oxygens (including phenoxy) is 5. The highest BCUT2D eigenvalue weighted by molar-refractivity contribution is 7.98. The van der Waals surface area contributed by atoms with Crippen LogP contribution in [0.15, 0.2) is 42.5 Å². The minimum absolute atomic E-state index is 0.0461. The fraction of sp³-hybridized carbons (Fsp3) is 0.721. The van der Waals surface area contributed by atoms with Crippen LogP contribution < -0.4 is 0 Å². The lowest BCUT2D eigenvalue weighted by Gasteiger charge is -2.51. The van der Waals surface area contributed by atoms with Gasteiger partial charge in [-0.15, -0.1) is 0 Å².